The van der Waals surface area contributed by atoms with E-state index in [1.165, 1.54) is 7.11 Å². The number of furan rings is 1. The summed E-state index contributed by atoms with van der Waals surface area (Å²) in [4.78, 5) is 11.8. The summed E-state index contributed by atoms with van der Waals surface area (Å²) in [5, 5.41) is 9.58. The minimum atomic E-state index is -0.512. The maximum absolute atomic E-state index is 11.8. The van der Waals surface area contributed by atoms with Gasteiger partial charge in [0.15, 0.2) is 0 Å². The van der Waals surface area contributed by atoms with Crippen LogP contribution in [0.2, 0.25) is 0 Å². The molecule has 0 aliphatic carbocycles. The molecule has 0 spiro atoms. The highest BCUT2D eigenvalue weighted by molar-refractivity contribution is 5.98. The molecule has 3 aromatic rings. The summed E-state index contributed by atoms with van der Waals surface area (Å²) in [6.45, 7) is 2.15. The minimum Gasteiger partial charge on any atom is -0.488 e. The van der Waals surface area contributed by atoms with Crippen LogP contribution in [0.3, 0.4) is 0 Å². The summed E-state index contributed by atoms with van der Waals surface area (Å²) >= 11 is 0. The third-order valence-corrected chi connectivity index (χ3v) is 3.76. The third kappa shape index (κ3) is 2.82. The number of carbonyl (C=O) groups excluding carboxylic acids is 1. The van der Waals surface area contributed by atoms with Gasteiger partial charge in [-0.15, -0.1) is 0 Å². The Bertz CT molecular complexity index is 932. The van der Waals surface area contributed by atoms with E-state index < -0.39 is 5.97 Å². The van der Waals surface area contributed by atoms with E-state index in [0.717, 1.165) is 10.9 Å². The molecule has 0 saturated carbocycles. The Morgan fingerprint density at radius 1 is 1.21 bits per heavy atom. The number of hydrogen-bond acceptors (Lipinski definition) is 5. The monoisotopic (exact) mass is 321 g/mol. The highest BCUT2D eigenvalue weighted by Crippen LogP contribution is 2.33. The normalized spacial score (nSPS) is 10.4. The second-order valence-electron chi connectivity index (χ2n) is 5.27. The van der Waals surface area contributed by atoms with Gasteiger partial charge < -0.3 is 13.9 Å². The summed E-state index contributed by atoms with van der Waals surface area (Å²) in [6, 6.07) is 14.7. The molecule has 5 nitrogen and oxygen atoms in total. The van der Waals surface area contributed by atoms with Crippen LogP contribution in [-0.2, 0) is 11.3 Å². The van der Waals surface area contributed by atoms with Crippen LogP contribution in [-0.4, -0.2) is 13.1 Å². The molecular weight excluding hydrogens is 306 g/mol. The number of methoxy groups -OCH3 is 1. The van der Waals surface area contributed by atoms with Crippen LogP contribution >= 0.6 is 0 Å². The second-order valence-corrected chi connectivity index (χ2v) is 5.27. The van der Waals surface area contributed by atoms with Crippen molar-refractivity contribution in [1.82, 2.24) is 0 Å². The van der Waals surface area contributed by atoms with E-state index in [1.807, 2.05) is 18.2 Å². The van der Waals surface area contributed by atoms with Crippen molar-refractivity contribution in [2.45, 2.75) is 13.5 Å². The lowest BCUT2D eigenvalue weighted by molar-refractivity contribution is 0.0566. The first-order valence-electron chi connectivity index (χ1n) is 7.36. The van der Waals surface area contributed by atoms with Crippen molar-refractivity contribution in [1.29, 1.82) is 5.26 Å². The number of nitrogens with zero attached hydrogens (tertiary/aromatic N) is 1. The standard InChI is InChI=1S/C19H15NO4/c1-12-17-15(23-11-14-8-6-13(10-20)7-9-14)4-3-5-16(17)24-18(12)19(21)22-2/h3-9H,11H2,1-2H3. The van der Waals surface area contributed by atoms with Gasteiger partial charge in [-0.05, 0) is 36.8 Å². The van der Waals surface area contributed by atoms with Gasteiger partial charge in [0.2, 0.25) is 5.76 Å². The fraction of sp³-hybridized carbons (Fsp3) is 0.158. The van der Waals surface area contributed by atoms with Gasteiger partial charge >= 0.3 is 5.97 Å². The van der Waals surface area contributed by atoms with Gasteiger partial charge in [0.25, 0.3) is 0 Å². The molecule has 1 aromatic heterocycles. The summed E-state index contributed by atoms with van der Waals surface area (Å²) < 4.78 is 16.2. The lowest BCUT2D eigenvalue weighted by atomic mass is 10.1. The van der Waals surface area contributed by atoms with E-state index in [4.69, 9.17) is 19.2 Å². The molecule has 0 radical (unpaired) electrons. The number of fused-ring (bicyclic) bond motifs is 1. The molecule has 0 atom stereocenters. The van der Waals surface area contributed by atoms with Crippen molar-refractivity contribution in [2.75, 3.05) is 7.11 Å². The average molecular weight is 321 g/mol. The Kier molecular flexibility index (Phi) is 4.21. The van der Waals surface area contributed by atoms with Crippen molar-refractivity contribution in [3.63, 3.8) is 0 Å². The number of ether oxygens (including phenoxy) is 2. The Balaban J connectivity index is 1.90. The molecule has 0 fully saturated rings. The predicted octanol–water partition coefficient (Wildman–Crippen LogP) is 3.98. The minimum absolute atomic E-state index is 0.182. The highest BCUT2D eigenvalue weighted by atomic mass is 16.5. The number of esters is 1. The fourth-order valence-corrected chi connectivity index (χ4v) is 2.51. The molecule has 24 heavy (non-hydrogen) atoms. The van der Waals surface area contributed by atoms with Crippen LogP contribution in [0.4, 0.5) is 0 Å². The molecule has 120 valence electrons. The van der Waals surface area contributed by atoms with Crippen molar-refractivity contribution in [3.05, 3.63) is 64.9 Å². The zero-order chi connectivity index (χ0) is 17.1. The molecule has 0 amide bonds. The highest BCUT2D eigenvalue weighted by Gasteiger charge is 2.20. The Labute approximate surface area is 139 Å². The SMILES string of the molecule is COC(=O)c1oc2cccc(OCc3ccc(C#N)cc3)c2c1C. The molecule has 0 bridgehead atoms. The number of rotatable bonds is 4. The number of benzene rings is 2. The molecule has 0 N–H and O–H groups in total. The van der Waals surface area contributed by atoms with Crippen LogP contribution in [0, 0.1) is 18.3 Å². The van der Waals surface area contributed by atoms with Crippen molar-refractivity contribution in [2.24, 2.45) is 0 Å². The molecule has 2 aromatic carbocycles. The zero-order valence-corrected chi connectivity index (χ0v) is 13.3. The van der Waals surface area contributed by atoms with E-state index in [1.54, 1.807) is 31.2 Å². The summed E-state index contributed by atoms with van der Waals surface area (Å²) in [6.07, 6.45) is 0. The average Bonchev–Trinajstić information content (AvgIpc) is 2.97. The molecule has 0 aliphatic rings. The molecule has 0 unspecified atom stereocenters. The molecular formula is C19H15NO4. The van der Waals surface area contributed by atoms with E-state index in [0.29, 0.717) is 29.1 Å². The van der Waals surface area contributed by atoms with Crippen LogP contribution in [0.25, 0.3) is 11.0 Å². The van der Waals surface area contributed by atoms with Crippen LogP contribution in [0.1, 0.15) is 27.2 Å². The Morgan fingerprint density at radius 3 is 2.62 bits per heavy atom. The Morgan fingerprint density at radius 2 is 1.96 bits per heavy atom. The largest absolute Gasteiger partial charge is 0.488 e. The van der Waals surface area contributed by atoms with Crippen LogP contribution < -0.4 is 4.74 Å². The van der Waals surface area contributed by atoms with Gasteiger partial charge in [-0.3, -0.25) is 0 Å². The smallest absolute Gasteiger partial charge is 0.374 e. The summed E-state index contributed by atoms with van der Waals surface area (Å²) in [7, 11) is 1.32. The van der Waals surface area contributed by atoms with Crippen LogP contribution in [0.5, 0.6) is 5.75 Å². The fourth-order valence-electron chi connectivity index (χ4n) is 2.51. The number of aryl methyl sites for hydroxylation is 1. The van der Waals surface area contributed by atoms with E-state index in [9.17, 15) is 4.79 Å². The Hall–Kier alpha value is -3.26. The topological polar surface area (TPSA) is 72.5 Å². The quantitative estimate of drug-likeness (QED) is 0.680. The lowest BCUT2D eigenvalue weighted by Gasteiger charge is -2.08. The maximum Gasteiger partial charge on any atom is 0.374 e. The van der Waals surface area contributed by atoms with E-state index in [-0.39, 0.29) is 5.76 Å². The number of carbonyl (C=O) groups is 1. The molecule has 5 heteroatoms. The van der Waals surface area contributed by atoms with Crippen LogP contribution in [0.15, 0.2) is 46.9 Å². The first-order valence-corrected chi connectivity index (χ1v) is 7.36. The number of hydrogen-bond donors (Lipinski definition) is 0. The zero-order valence-electron chi connectivity index (χ0n) is 13.3. The van der Waals surface area contributed by atoms with Gasteiger partial charge in [-0.25, -0.2) is 4.79 Å². The first kappa shape index (κ1) is 15.6. The molecule has 3 rings (SSSR count). The second kappa shape index (κ2) is 6.47. The maximum atomic E-state index is 11.8. The summed E-state index contributed by atoms with van der Waals surface area (Å²) in [5.41, 5.74) is 2.81. The van der Waals surface area contributed by atoms with Gasteiger partial charge in [-0.1, -0.05) is 18.2 Å². The van der Waals surface area contributed by atoms with E-state index in [2.05, 4.69) is 6.07 Å². The summed E-state index contributed by atoms with van der Waals surface area (Å²) in [5.74, 6) is 0.303. The first-order chi connectivity index (χ1) is 11.6. The van der Waals surface area contributed by atoms with E-state index >= 15 is 0 Å². The van der Waals surface area contributed by atoms with Gasteiger partial charge in [-0.2, -0.15) is 5.26 Å². The van der Waals surface area contributed by atoms with Crippen molar-refractivity contribution < 1.29 is 18.7 Å². The van der Waals surface area contributed by atoms with Gasteiger partial charge in [0, 0.05) is 5.56 Å². The number of nitriles is 1. The predicted molar refractivity (Wildman–Crippen MR) is 87.8 cm³/mol. The molecule has 1 heterocycles. The third-order valence-electron chi connectivity index (χ3n) is 3.76. The van der Waals surface area contributed by atoms with Crippen molar-refractivity contribution in [3.8, 4) is 11.8 Å². The molecule has 0 aliphatic heterocycles. The lowest BCUT2D eigenvalue weighted by Crippen LogP contribution is -2.01. The van der Waals surface area contributed by atoms with Gasteiger partial charge in [0.1, 0.15) is 17.9 Å². The van der Waals surface area contributed by atoms with Gasteiger partial charge in [0.05, 0.1) is 24.1 Å². The molecule has 0 saturated heterocycles. The van der Waals surface area contributed by atoms with Crippen molar-refractivity contribution >= 4 is 16.9 Å².